The van der Waals surface area contributed by atoms with E-state index in [0.717, 1.165) is 17.6 Å². The van der Waals surface area contributed by atoms with Crippen LogP contribution in [-0.4, -0.2) is 26.7 Å². The highest BCUT2D eigenvalue weighted by Gasteiger charge is 2.24. The minimum absolute atomic E-state index is 0.0827. The van der Waals surface area contributed by atoms with Crippen molar-refractivity contribution in [3.63, 3.8) is 0 Å². The van der Waals surface area contributed by atoms with Crippen LogP contribution in [0.15, 0.2) is 18.3 Å². The van der Waals surface area contributed by atoms with E-state index in [-0.39, 0.29) is 5.84 Å². The first-order valence-electron chi connectivity index (χ1n) is 7.63. The first kappa shape index (κ1) is 14.6. The molecule has 1 saturated carbocycles. The molecule has 7 nitrogen and oxygen atoms in total. The van der Waals surface area contributed by atoms with Gasteiger partial charge in [0.25, 0.3) is 0 Å². The molecule has 22 heavy (non-hydrogen) atoms. The van der Waals surface area contributed by atoms with Crippen LogP contribution in [0.4, 0.5) is 11.5 Å². The molecule has 0 amide bonds. The molecule has 7 heteroatoms. The van der Waals surface area contributed by atoms with E-state index in [9.17, 15) is 0 Å². The normalized spacial score (nSPS) is 21.7. The second-order valence-electron chi connectivity index (χ2n) is 5.99. The summed E-state index contributed by atoms with van der Waals surface area (Å²) in [6, 6.07) is 4.02. The molecule has 6 N–H and O–H groups in total. The number of fused-ring (bicyclic) bond motifs is 1. The Balaban J connectivity index is 2.05. The fourth-order valence-corrected chi connectivity index (χ4v) is 3.20. The number of amidine groups is 1. The maximum atomic E-state index is 9.09. The van der Waals surface area contributed by atoms with Crippen LogP contribution in [0.3, 0.4) is 0 Å². The van der Waals surface area contributed by atoms with Gasteiger partial charge in [0.1, 0.15) is 5.82 Å². The first-order valence-corrected chi connectivity index (χ1v) is 7.63. The second kappa shape index (κ2) is 5.84. The van der Waals surface area contributed by atoms with Gasteiger partial charge in [-0.05, 0) is 30.9 Å². The van der Waals surface area contributed by atoms with Crippen molar-refractivity contribution in [3.05, 3.63) is 23.9 Å². The van der Waals surface area contributed by atoms with E-state index < -0.39 is 0 Å². The first-order chi connectivity index (χ1) is 10.6. The van der Waals surface area contributed by atoms with Crippen molar-refractivity contribution < 1.29 is 5.21 Å². The maximum absolute atomic E-state index is 9.09. The number of nitrogens with two attached hydrogens (primary N) is 1. The number of hydrogen-bond donors (Lipinski definition) is 5. The van der Waals surface area contributed by atoms with E-state index in [1.807, 2.05) is 11.5 Å². The highest BCUT2D eigenvalue weighted by atomic mass is 16.5. The summed E-state index contributed by atoms with van der Waals surface area (Å²) in [5, 5.41) is 24.8. The fourth-order valence-electron chi connectivity index (χ4n) is 3.20. The molecule has 0 bridgehead atoms. The van der Waals surface area contributed by atoms with Crippen molar-refractivity contribution >= 4 is 22.9 Å². The average Bonchev–Trinajstić information content (AvgIpc) is 2.91. The predicted octanol–water partition coefficient (Wildman–Crippen LogP) is 2.21. The van der Waals surface area contributed by atoms with Gasteiger partial charge in [0.05, 0.1) is 23.0 Å². The Bertz CT molecular complexity index is 695. The van der Waals surface area contributed by atoms with Crippen LogP contribution in [0, 0.1) is 11.3 Å². The number of nitrogens with zero attached hydrogens (tertiary/aromatic N) is 2. The molecule has 1 fully saturated rings. The standard InChI is InChI=1S/C15H22N6O/c1-9-4-2-3-5-11(9)19-14-10(15(17)20-22)8-18-21-12(14)6-7-13(21)16/h6-9,11,19,22H,2-5,16H2,1H3,(H2,17,20). The third-order valence-electron chi connectivity index (χ3n) is 4.53. The smallest absolute Gasteiger partial charge is 0.153 e. The Morgan fingerprint density at radius 1 is 1.41 bits per heavy atom. The summed E-state index contributed by atoms with van der Waals surface area (Å²) < 4.78 is 1.64. The summed E-state index contributed by atoms with van der Waals surface area (Å²) in [5.74, 6) is 1.03. The van der Waals surface area contributed by atoms with Gasteiger partial charge in [-0.3, -0.25) is 16.1 Å². The summed E-state index contributed by atoms with van der Waals surface area (Å²) in [5.41, 5.74) is 9.96. The molecule has 0 aromatic carbocycles. The predicted molar refractivity (Wildman–Crippen MR) is 86.4 cm³/mol. The molecular weight excluding hydrogens is 280 g/mol. The molecule has 1 aliphatic carbocycles. The van der Waals surface area contributed by atoms with Crippen molar-refractivity contribution in [1.29, 1.82) is 5.41 Å². The molecule has 0 aliphatic heterocycles. The van der Waals surface area contributed by atoms with Crippen LogP contribution >= 0.6 is 0 Å². The highest BCUT2D eigenvalue weighted by molar-refractivity contribution is 6.04. The van der Waals surface area contributed by atoms with Crippen LogP contribution in [0.5, 0.6) is 0 Å². The van der Waals surface area contributed by atoms with Crippen molar-refractivity contribution in [3.8, 4) is 0 Å². The van der Waals surface area contributed by atoms with Crippen LogP contribution in [0.25, 0.3) is 5.52 Å². The minimum Gasteiger partial charge on any atom is -0.384 e. The second-order valence-corrected chi connectivity index (χ2v) is 5.99. The molecule has 1 aliphatic rings. The number of hydroxylamine groups is 1. The lowest BCUT2D eigenvalue weighted by Crippen LogP contribution is -2.32. The van der Waals surface area contributed by atoms with E-state index in [4.69, 9.17) is 16.4 Å². The topological polar surface area (TPSA) is 111 Å². The molecular formula is C15H22N6O. The van der Waals surface area contributed by atoms with Gasteiger partial charge in [0.2, 0.25) is 0 Å². The number of nitrogen functional groups attached to an aromatic ring is 1. The van der Waals surface area contributed by atoms with Gasteiger partial charge in [0, 0.05) is 6.04 Å². The number of aromatic nitrogens is 2. The lowest BCUT2D eigenvalue weighted by atomic mass is 9.85. The van der Waals surface area contributed by atoms with E-state index in [2.05, 4.69) is 17.3 Å². The van der Waals surface area contributed by atoms with Crippen molar-refractivity contribution in [2.75, 3.05) is 11.1 Å². The fraction of sp³-hybridized carbons (Fsp3) is 0.467. The van der Waals surface area contributed by atoms with E-state index in [1.54, 1.807) is 16.8 Å². The van der Waals surface area contributed by atoms with Crippen LogP contribution < -0.4 is 16.5 Å². The van der Waals surface area contributed by atoms with Crippen molar-refractivity contribution in [1.82, 2.24) is 15.1 Å². The third-order valence-corrected chi connectivity index (χ3v) is 4.53. The Kier molecular flexibility index (Phi) is 3.89. The number of rotatable bonds is 3. The lowest BCUT2D eigenvalue weighted by molar-refractivity contribution is 0.234. The van der Waals surface area contributed by atoms with Crippen LogP contribution in [-0.2, 0) is 0 Å². The van der Waals surface area contributed by atoms with E-state index in [0.29, 0.717) is 23.3 Å². The molecule has 3 rings (SSSR count). The zero-order valence-electron chi connectivity index (χ0n) is 12.6. The quantitative estimate of drug-likeness (QED) is 0.339. The van der Waals surface area contributed by atoms with Crippen LogP contribution in [0.2, 0.25) is 0 Å². The lowest BCUT2D eigenvalue weighted by Gasteiger charge is -2.31. The highest BCUT2D eigenvalue weighted by Crippen LogP contribution is 2.31. The molecule has 0 saturated heterocycles. The zero-order chi connectivity index (χ0) is 15.7. The molecule has 118 valence electrons. The zero-order valence-corrected chi connectivity index (χ0v) is 12.6. The molecule has 0 spiro atoms. The molecule has 0 radical (unpaired) electrons. The average molecular weight is 302 g/mol. The van der Waals surface area contributed by atoms with Gasteiger partial charge in [-0.1, -0.05) is 19.8 Å². The Morgan fingerprint density at radius 2 is 2.18 bits per heavy atom. The van der Waals surface area contributed by atoms with Crippen molar-refractivity contribution in [2.45, 2.75) is 38.6 Å². The molecule has 2 atom stereocenters. The summed E-state index contributed by atoms with van der Waals surface area (Å²) in [7, 11) is 0. The number of nitrogens with one attached hydrogen (secondary N) is 3. The number of anilines is 2. The van der Waals surface area contributed by atoms with Gasteiger partial charge in [-0.2, -0.15) is 5.10 Å². The van der Waals surface area contributed by atoms with Gasteiger partial charge < -0.3 is 11.1 Å². The molecule has 2 unspecified atom stereocenters. The minimum atomic E-state index is -0.0827. The van der Waals surface area contributed by atoms with E-state index in [1.165, 1.54) is 19.3 Å². The van der Waals surface area contributed by atoms with Gasteiger partial charge >= 0.3 is 0 Å². The Morgan fingerprint density at radius 3 is 2.91 bits per heavy atom. The third kappa shape index (κ3) is 2.48. The molecule has 2 aromatic heterocycles. The summed E-state index contributed by atoms with van der Waals surface area (Å²) in [6.07, 6.45) is 6.32. The SMILES string of the molecule is CC1CCCCC1Nc1c(C(=N)NO)cnn2c(N)ccc12. The van der Waals surface area contributed by atoms with Gasteiger partial charge in [-0.25, -0.2) is 4.52 Å². The number of hydrogen-bond acceptors (Lipinski definition) is 5. The Labute approximate surface area is 129 Å². The largest absolute Gasteiger partial charge is 0.384 e. The molecule has 2 heterocycles. The summed E-state index contributed by atoms with van der Waals surface area (Å²) in [6.45, 7) is 2.25. The molecule has 2 aromatic rings. The maximum Gasteiger partial charge on any atom is 0.153 e. The summed E-state index contributed by atoms with van der Waals surface area (Å²) in [4.78, 5) is 0. The van der Waals surface area contributed by atoms with E-state index >= 15 is 0 Å². The van der Waals surface area contributed by atoms with Crippen LogP contribution in [0.1, 0.15) is 38.2 Å². The van der Waals surface area contributed by atoms with Gasteiger partial charge in [0.15, 0.2) is 5.84 Å². The van der Waals surface area contributed by atoms with Gasteiger partial charge in [-0.15, -0.1) is 0 Å². The monoisotopic (exact) mass is 302 g/mol. The van der Waals surface area contributed by atoms with Crippen molar-refractivity contribution in [2.24, 2.45) is 5.92 Å². The Hall–Kier alpha value is -2.28. The summed E-state index contributed by atoms with van der Waals surface area (Å²) >= 11 is 0.